The number of fused-ring (bicyclic) bond motifs is 1. The second-order valence-corrected chi connectivity index (χ2v) is 9.14. The van der Waals surface area contributed by atoms with E-state index in [0.717, 1.165) is 19.5 Å². The second kappa shape index (κ2) is 6.95. The van der Waals surface area contributed by atoms with Gasteiger partial charge in [0.05, 0.1) is 5.02 Å². The van der Waals surface area contributed by atoms with Gasteiger partial charge in [0.2, 0.25) is 10.0 Å². The van der Waals surface area contributed by atoms with Crippen LogP contribution in [0.4, 0.5) is 0 Å². The van der Waals surface area contributed by atoms with Gasteiger partial charge < -0.3 is 9.47 Å². The predicted octanol–water partition coefficient (Wildman–Crippen LogP) is 2.36. The standard InChI is InChI=1S/C17H23ClN2O4S/c18-14-10-15-16(24-9-8-23-15)11-17(14)25(21,22)20-7-4-13(12-20)19-5-2-1-3-6-19/h10-11,13H,1-9,12H2. The van der Waals surface area contributed by atoms with E-state index in [0.29, 0.717) is 43.8 Å². The zero-order chi connectivity index (χ0) is 17.4. The molecular formula is C17H23ClN2O4S. The van der Waals surface area contributed by atoms with Crippen LogP contribution in [-0.4, -0.2) is 63.1 Å². The van der Waals surface area contributed by atoms with Crippen molar-refractivity contribution in [2.24, 2.45) is 0 Å². The van der Waals surface area contributed by atoms with Crippen LogP contribution in [0.5, 0.6) is 11.5 Å². The van der Waals surface area contributed by atoms with Gasteiger partial charge in [-0.25, -0.2) is 8.42 Å². The molecule has 0 spiro atoms. The lowest BCUT2D eigenvalue weighted by Crippen LogP contribution is -2.41. The molecule has 1 unspecified atom stereocenters. The average molecular weight is 387 g/mol. The van der Waals surface area contributed by atoms with Crippen molar-refractivity contribution in [1.82, 2.24) is 9.21 Å². The molecule has 0 radical (unpaired) electrons. The molecule has 6 nitrogen and oxygen atoms in total. The molecule has 1 atom stereocenters. The van der Waals surface area contributed by atoms with E-state index in [9.17, 15) is 8.42 Å². The number of hydrogen-bond acceptors (Lipinski definition) is 5. The number of piperidine rings is 1. The number of sulfonamides is 1. The number of halogens is 1. The molecular weight excluding hydrogens is 364 g/mol. The quantitative estimate of drug-likeness (QED) is 0.798. The van der Waals surface area contributed by atoms with Crippen LogP contribution in [0.3, 0.4) is 0 Å². The molecule has 1 aromatic rings. The van der Waals surface area contributed by atoms with E-state index in [1.807, 2.05) is 0 Å². The zero-order valence-corrected chi connectivity index (χ0v) is 15.7. The normalized spacial score (nSPS) is 25.2. The van der Waals surface area contributed by atoms with E-state index in [4.69, 9.17) is 21.1 Å². The Morgan fingerprint density at radius 2 is 1.68 bits per heavy atom. The van der Waals surface area contributed by atoms with Crippen molar-refractivity contribution >= 4 is 21.6 Å². The number of ether oxygens (including phenoxy) is 2. The summed E-state index contributed by atoms with van der Waals surface area (Å²) in [4.78, 5) is 2.54. The highest BCUT2D eigenvalue weighted by atomic mass is 35.5. The molecule has 0 N–H and O–H groups in total. The van der Waals surface area contributed by atoms with E-state index < -0.39 is 10.0 Å². The minimum Gasteiger partial charge on any atom is -0.486 e. The molecule has 2 saturated heterocycles. The van der Waals surface area contributed by atoms with Crippen molar-refractivity contribution in [3.8, 4) is 11.5 Å². The Morgan fingerprint density at radius 3 is 2.40 bits per heavy atom. The maximum atomic E-state index is 13.1. The Kier molecular flexibility index (Phi) is 4.83. The van der Waals surface area contributed by atoms with Crippen LogP contribution in [0.1, 0.15) is 25.7 Å². The average Bonchev–Trinajstić information content (AvgIpc) is 3.13. The minimum atomic E-state index is -3.64. The van der Waals surface area contributed by atoms with E-state index in [1.54, 1.807) is 10.4 Å². The van der Waals surface area contributed by atoms with Crippen molar-refractivity contribution in [3.63, 3.8) is 0 Å². The summed E-state index contributed by atoms with van der Waals surface area (Å²) in [5.74, 6) is 0.948. The van der Waals surface area contributed by atoms with E-state index in [1.165, 1.54) is 25.3 Å². The van der Waals surface area contributed by atoms with Crippen LogP contribution < -0.4 is 9.47 Å². The number of likely N-dealkylation sites (tertiary alicyclic amines) is 1. The van der Waals surface area contributed by atoms with Gasteiger partial charge in [0.25, 0.3) is 0 Å². The van der Waals surface area contributed by atoms with Gasteiger partial charge in [-0.3, -0.25) is 4.90 Å². The summed E-state index contributed by atoms with van der Waals surface area (Å²) in [6, 6.07) is 3.35. The van der Waals surface area contributed by atoms with Gasteiger partial charge in [-0.15, -0.1) is 0 Å². The Labute approximate surface area is 153 Å². The number of benzene rings is 1. The maximum absolute atomic E-state index is 13.1. The Bertz CT molecular complexity index is 749. The smallest absolute Gasteiger partial charge is 0.244 e. The summed E-state index contributed by atoms with van der Waals surface area (Å²) in [6.45, 7) is 4.07. The largest absolute Gasteiger partial charge is 0.486 e. The monoisotopic (exact) mass is 386 g/mol. The molecule has 8 heteroatoms. The highest BCUT2D eigenvalue weighted by Crippen LogP contribution is 2.39. The molecule has 1 aromatic carbocycles. The Balaban J connectivity index is 1.56. The fraction of sp³-hybridized carbons (Fsp3) is 0.647. The fourth-order valence-electron chi connectivity index (χ4n) is 3.89. The van der Waals surface area contributed by atoms with Gasteiger partial charge in [0, 0.05) is 31.3 Å². The predicted molar refractivity (Wildman–Crippen MR) is 95.0 cm³/mol. The van der Waals surface area contributed by atoms with Gasteiger partial charge in [-0.1, -0.05) is 18.0 Å². The first kappa shape index (κ1) is 17.4. The molecule has 3 heterocycles. The van der Waals surface area contributed by atoms with Crippen molar-refractivity contribution in [2.75, 3.05) is 39.4 Å². The van der Waals surface area contributed by atoms with E-state index in [-0.39, 0.29) is 9.92 Å². The molecule has 2 fully saturated rings. The number of nitrogens with zero attached hydrogens (tertiary/aromatic N) is 2. The van der Waals surface area contributed by atoms with Crippen molar-refractivity contribution in [3.05, 3.63) is 17.2 Å². The highest BCUT2D eigenvalue weighted by molar-refractivity contribution is 7.89. The molecule has 3 aliphatic heterocycles. The molecule has 3 aliphatic rings. The van der Waals surface area contributed by atoms with E-state index in [2.05, 4.69) is 4.90 Å². The lowest BCUT2D eigenvalue weighted by Gasteiger charge is -2.32. The highest BCUT2D eigenvalue weighted by Gasteiger charge is 2.37. The summed E-state index contributed by atoms with van der Waals surface area (Å²) >= 11 is 6.26. The molecule has 0 aromatic heterocycles. The van der Waals surface area contributed by atoms with Crippen LogP contribution in [0.2, 0.25) is 5.02 Å². The molecule has 138 valence electrons. The topological polar surface area (TPSA) is 59.1 Å². The SMILES string of the molecule is O=S(=O)(c1cc2c(cc1Cl)OCCO2)N1CCC(N2CCCCC2)C1. The zero-order valence-electron chi connectivity index (χ0n) is 14.1. The summed E-state index contributed by atoms with van der Waals surface area (Å²) < 4.78 is 38.7. The third-order valence-electron chi connectivity index (χ3n) is 5.25. The van der Waals surface area contributed by atoms with Crippen LogP contribution in [0.25, 0.3) is 0 Å². The second-order valence-electron chi connectivity index (χ2n) is 6.83. The van der Waals surface area contributed by atoms with Gasteiger partial charge in [0.15, 0.2) is 11.5 Å². The first-order chi connectivity index (χ1) is 12.1. The summed E-state index contributed by atoms with van der Waals surface area (Å²) in [7, 11) is -3.64. The first-order valence-electron chi connectivity index (χ1n) is 8.89. The minimum absolute atomic E-state index is 0.109. The number of rotatable bonds is 3. The molecule has 0 saturated carbocycles. The van der Waals surface area contributed by atoms with Crippen LogP contribution in [0, 0.1) is 0 Å². The van der Waals surface area contributed by atoms with Crippen LogP contribution in [0.15, 0.2) is 17.0 Å². The number of hydrogen-bond donors (Lipinski definition) is 0. The van der Waals surface area contributed by atoms with Crippen molar-refractivity contribution < 1.29 is 17.9 Å². The summed E-state index contributed by atoms with van der Waals surface area (Å²) in [6.07, 6.45) is 4.56. The van der Waals surface area contributed by atoms with Crippen LogP contribution >= 0.6 is 11.6 Å². The van der Waals surface area contributed by atoms with Crippen LogP contribution in [-0.2, 0) is 10.0 Å². The van der Waals surface area contributed by atoms with E-state index >= 15 is 0 Å². The molecule has 0 aliphatic carbocycles. The lowest BCUT2D eigenvalue weighted by atomic mass is 10.1. The first-order valence-corrected chi connectivity index (χ1v) is 10.7. The third kappa shape index (κ3) is 3.35. The summed E-state index contributed by atoms with van der Waals surface area (Å²) in [5, 5.41) is 0.186. The Morgan fingerprint density at radius 1 is 1.00 bits per heavy atom. The summed E-state index contributed by atoms with van der Waals surface area (Å²) in [5.41, 5.74) is 0. The third-order valence-corrected chi connectivity index (χ3v) is 7.58. The van der Waals surface area contributed by atoms with Gasteiger partial charge in [0.1, 0.15) is 18.1 Å². The molecule has 25 heavy (non-hydrogen) atoms. The van der Waals surface area contributed by atoms with Gasteiger partial charge in [-0.05, 0) is 32.4 Å². The molecule has 0 amide bonds. The van der Waals surface area contributed by atoms with Crippen molar-refractivity contribution in [1.29, 1.82) is 0 Å². The van der Waals surface area contributed by atoms with Crippen molar-refractivity contribution in [2.45, 2.75) is 36.6 Å². The van der Waals surface area contributed by atoms with Gasteiger partial charge >= 0.3 is 0 Å². The fourth-order valence-corrected chi connectivity index (χ4v) is 5.89. The van der Waals surface area contributed by atoms with Gasteiger partial charge in [-0.2, -0.15) is 4.31 Å². The maximum Gasteiger partial charge on any atom is 0.244 e. The molecule has 4 rings (SSSR count). The Hall–Kier alpha value is -1.02. The molecule has 0 bridgehead atoms. The lowest BCUT2D eigenvalue weighted by molar-refractivity contribution is 0.169.